The summed E-state index contributed by atoms with van der Waals surface area (Å²) in [5, 5.41) is 0.833. The van der Waals surface area contributed by atoms with Crippen molar-refractivity contribution in [2.24, 2.45) is 0 Å². The lowest BCUT2D eigenvalue weighted by molar-refractivity contribution is 0.221. The van der Waals surface area contributed by atoms with Gasteiger partial charge in [0, 0.05) is 35.3 Å². The summed E-state index contributed by atoms with van der Waals surface area (Å²) in [5.41, 5.74) is 12.7. The van der Waals surface area contributed by atoms with Gasteiger partial charge in [0.1, 0.15) is 28.0 Å². The molecule has 232 valence electrons. The lowest BCUT2D eigenvalue weighted by atomic mass is 9.96. The molecule has 1 saturated heterocycles. The number of hydrogen-bond acceptors (Lipinski definition) is 7. The van der Waals surface area contributed by atoms with Gasteiger partial charge in [0.2, 0.25) is 5.88 Å². The van der Waals surface area contributed by atoms with Crippen LogP contribution in [0.3, 0.4) is 0 Å². The minimum absolute atomic E-state index is 0.00444. The van der Waals surface area contributed by atoms with Gasteiger partial charge in [-0.1, -0.05) is 30.7 Å². The fourth-order valence-corrected chi connectivity index (χ4v) is 6.94. The number of ether oxygens (including phenoxy) is 1. The fraction of sp³-hybridized carbons (Fsp3) is 0.235. The molecule has 2 aromatic heterocycles. The maximum atomic E-state index is 14.3. The summed E-state index contributed by atoms with van der Waals surface area (Å²) >= 11 is 0. The number of hydrogen-bond donors (Lipinski definition) is 2. The number of nitrogens with two attached hydrogens (primary N) is 1. The number of sulfonamides is 1. The summed E-state index contributed by atoms with van der Waals surface area (Å²) in [6, 6.07) is 17.9. The number of methoxy groups -OCH3 is 1. The number of benzene rings is 3. The fourth-order valence-electron chi connectivity index (χ4n) is 5.83. The van der Waals surface area contributed by atoms with E-state index in [1.807, 2.05) is 24.3 Å². The maximum absolute atomic E-state index is 14.3. The van der Waals surface area contributed by atoms with Crippen LogP contribution in [-0.2, 0) is 16.6 Å². The van der Waals surface area contributed by atoms with Gasteiger partial charge in [-0.3, -0.25) is 9.62 Å². The molecular formula is C34H33F2N5O3S. The van der Waals surface area contributed by atoms with Gasteiger partial charge in [-0.2, -0.15) is 0 Å². The Morgan fingerprint density at radius 1 is 0.933 bits per heavy atom. The van der Waals surface area contributed by atoms with E-state index in [0.29, 0.717) is 23.0 Å². The van der Waals surface area contributed by atoms with Crippen molar-refractivity contribution in [1.82, 2.24) is 14.9 Å². The predicted molar refractivity (Wildman–Crippen MR) is 172 cm³/mol. The highest BCUT2D eigenvalue weighted by Gasteiger charge is 2.22. The molecule has 3 aromatic carbocycles. The number of rotatable bonds is 8. The monoisotopic (exact) mass is 629 g/mol. The van der Waals surface area contributed by atoms with E-state index < -0.39 is 26.6 Å². The third kappa shape index (κ3) is 6.45. The maximum Gasteiger partial charge on any atom is 0.264 e. The molecule has 0 bridgehead atoms. The molecule has 3 heterocycles. The van der Waals surface area contributed by atoms with Crippen molar-refractivity contribution in [1.29, 1.82) is 0 Å². The number of piperidine rings is 1. The van der Waals surface area contributed by atoms with Gasteiger partial charge in [0.25, 0.3) is 10.0 Å². The summed E-state index contributed by atoms with van der Waals surface area (Å²) in [7, 11) is -3.08. The molecule has 3 N–H and O–H groups in total. The van der Waals surface area contributed by atoms with E-state index in [1.165, 1.54) is 31.9 Å². The molecule has 0 radical (unpaired) electrons. The van der Waals surface area contributed by atoms with Crippen molar-refractivity contribution in [3.8, 4) is 28.1 Å². The number of halogens is 2. The first-order valence-corrected chi connectivity index (χ1v) is 16.1. The average molecular weight is 630 g/mol. The van der Waals surface area contributed by atoms with Crippen LogP contribution in [0.1, 0.15) is 30.4 Å². The second kappa shape index (κ2) is 12.4. The normalized spacial score (nSPS) is 14.0. The lowest BCUT2D eigenvalue weighted by Gasteiger charge is -2.26. The zero-order valence-electron chi connectivity index (χ0n) is 25.0. The van der Waals surface area contributed by atoms with Gasteiger partial charge in [0.05, 0.1) is 12.6 Å². The zero-order valence-corrected chi connectivity index (χ0v) is 25.8. The smallest absolute Gasteiger partial charge is 0.264 e. The Morgan fingerprint density at radius 2 is 1.73 bits per heavy atom. The van der Waals surface area contributed by atoms with Crippen LogP contribution in [0.15, 0.2) is 77.8 Å². The summed E-state index contributed by atoms with van der Waals surface area (Å²) in [6.45, 7) is 5.28. The highest BCUT2D eigenvalue weighted by atomic mass is 32.2. The molecule has 0 aliphatic carbocycles. The molecule has 45 heavy (non-hydrogen) atoms. The average Bonchev–Trinajstić information content (AvgIpc) is 3.01. The summed E-state index contributed by atoms with van der Waals surface area (Å²) in [4.78, 5) is 10.7. The van der Waals surface area contributed by atoms with Crippen molar-refractivity contribution in [2.45, 2.75) is 37.6 Å². The molecule has 8 nitrogen and oxygen atoms in total. The van der Waals surface area contributed by atoms with Gasteiger partial charge < -0.3 is 10.5 Å². The molecule has 0 atom stereocenters. The molecule has 6 rings (SSSR count). The Bertz CT molecular complexity index is 2010. The van der Waals surface area contributed by atoms with Crippen LogP contribution in [0.4, 0.5) is 20.3 Å². The van der Waals surface area contributed by atoms with Crippen molar-refractivity contribution in [3.05, 3.63) is 95.7 Å². The second-order valence-electron chi connectivity index (χ2n) is 11.3. The molecule has 0 spiro atoms. The molecule has 1 fully saturated rings. The van der Waals surface area contributed by atoms with Crippen LogP contribution in [0.25, 0.3) is 33.2 Å². The number of pyridine rings is 2. The molecule has 5 aromatic rings. The topological polar surface area (TPSA) is 110 Å². The summed E-state index contributed by atoms with van der Waals surface area (Å²) < 4.78 is 61.3. The Balaban J connectivity index is 1.32. The van der Waals surface area contributed by atoms with Crippen molar-refractivity contribution in [2.75, 3.05) is 30.7 Å². The summed E-state index contributed by atoms with van der Waals surface area (Å²) in [6.07, 6.45) is 5.35. The van der Waals surface area contributed by atoms with Crippen molar-refractivity contribution < 1.29 is 21.9 Å². The van der Waals surface area contributed by atoms with Crippen LogP contribution in [0.5, 0.6) is 5.88 Å². The van der Waals surface area contributed by atoms with E-state index in [1.54, 1.807) is 12.3 Å². The van der Waals surface area contributed by atoms with E-state index in [-0.39, 0.29) is 11.6 Å². The summed E-state index contributed by atoms with van der Waals surface area (Å²) in [5.74, 6) is -1.68. The highest BCUT2D eigenvalue weighted by Crippen LogP contribution is 2.35. The van der Waals surface area contributed by atoms with Gasteiger partial charge in [-0.25, -0.2) is 27.2 Å². The second-order valence-corrected chi connectivity index (χ2v) is 12.9. The van der Waals surface area contributed by atoms with Crippen molar-refractivity contribution >= 4 is 32.4 Å². The molecule has 11 heteroatoms. The molecule has 0 amide bonds. The number of anilines is 2. The van der Waals surface area contributed by atoms with Gasteiger partial charge in [0.15, 0.2) is 0 Å². The van der Waals surface area contributed by atoms with E-state index in [9.17, 15) is 17.2 Å². The van der Waals surface area contributed by atoms with E-state index in [0.717, 1.165) is 59.4 Å². The predicted octanol–water partition coefficient (Wildman–Crippen LogP) is 6.93. The van der Waals surface area contributed by atoms with Crippen LogP contribution >= 0.6 is 0 Å². The number of nitrogens with zero attached hydrogens (tertiary/aromatic N) is 3. The minimum atomic E-state index is -4.42. The number of nitrogens with one attached hydrogen (secondary N) is 1. The Labute approximate surface area is 260 Å². The SMILES string of the molecule is COc1ncc(-c2ccc3nc(N)c(-c4ccc(CN5CCCCC5)cc4C)cc3c2)cc1NS(=O)(=O)c1ccc(F)cc1F. The van der Waals surface area contributed by atoms with Crippen molar-refractivity contribution in [3.63, 3.8) is 0 Å². The number of aromatic nitrogens is 2. The van der Waals surface area contributed by atoms with Gasteiger partial charge >= 0.3 is 0 Å². The lowest BCUT2D eigenvalue weighted by Crippen LogP contribution is -2.29. The number of aryl methyl sites for hydroxylation is 1. The number of fused-ring (bicyclic) bond motifs is 1. The third-order valence-corrected chi connectivity index (χ3v) is 9.48. The Hall–Kier alpha value is -4.61. The zero-order chi connectivity index (χ0) is 31.7. The van der Waals surface area contributed by atoms with E-state index in [4.69, 9.17) is 10.5 Å². The van der Waals surface area contributed by atoms with Gasteiger partial charge in [-0.15, -0.1) is 0 Å². The largest absolute Gasteiger partial charge is 0.480 e. The Morgan fingerprint density at radius 3 is 2.47 bits per heavy atom. The van der Waals surface area contributed by atoms with Gasteiger partial charge in [-0.05, 0) is 91.5 Å². The molecule has 1 aliphatic heterocycles. The van der Waals surface area contributed by atoms with E-state index >= 15 is 0 Å². The Kier molecular flexibility index (Phi) is 8.39. The first-order valence-electron chi connectivity index (χ1n) is 14.7. The van der Waals surface area contributed by atoms with Crippen LogP contribution in [0, 0.1) is 18.6 Å². The van der Waals surface area contributed by atoms with Crippen LogP contribution in [-0.4, -0.2) is 43.5 Å². The number of nitrogen functional groups attached to an aromatic ring is 1. The first-order chi connectivity index (χ1) is 21.6. The molecule has 1 aliphatic rings. The quantitative estimate of drug-likeness (QED) is 0.192. The first kappa shape index (κ1) is 30.4. The van der Waals surface area contributed by atoms with E-state index in [2.05, 4.69) is 44.7 Å². The number of likely N-dealkylation sites (tertiary alicyclic amines) is 1. The van der Waals surface area contributed by atoms with Crippen LogP contribution < -0.4 is 15.2 Å². The third-order valence-electron chi connectivity index (χ3n) is 8.09. The molecule has 0 unspecified atom stereocenters. The molecular weight excluding hydrogens is 596 g/mol. The minimum Gasteiger partial charge on any atom is -0.480 e. The highest BCUT2D eigenvalue weighted by molar-refractivity contribution is 7.92. The standard InChI is InChI=1S/C34H33F2N5O3S/c1-21-14-22(20-41-12-4-3-5-13-41)6-9-27(21)28-16-24-15-23(7-10-30(24)39-33(28)37)25-17-31(34(44-2)38-19-25)40-45(42,43)32-11-8-26(35)18-29(32)36/h6-11,14-19,40H,3-5,12-13,20H2,1-2H3,(H2,37,39). The molecule has 0 saturated carbocycles. The van der Waals surface area contributed by atoms with Crippen LogP contribution in [0.2, 0.25) is 0 Å².